The Kier molecular flexibility index (Phi) is 6.70. The van der Waals surface area contributed by atoms with Crippen molar-refractivity contribution in [2.45, 2.75) is 32.9 Å². The van der Waals surface area contributed by atoms with Gasteiger partial charge in [0.15, 0.2) is 4.80 Å². The molecule has 0 aliphatic heterocycles. The molecule has 0 aliphatic carbocycles. The van der Waals surface area contributed by atoms with Crippen molar-refractivity contribution in [1.29, 1.82) is 0 Å². The van der Waals surface area contributed by atoms with Gasteiger partial charge in [-0.05, 0) is 43.2 Å². The van der Waals surface area contributed by atoms with E-state index in [1.807, 2.05) is 67.6 Å². The third-order valence-corrected chi connectivity index (χ3v) is 6.36. The van der Waals surface area contributed by atoms with Crippen LogP contribution in [0.25, 0.3) is 10.2 Å². The minimum Gasteiger partial charge on any atom is -0.489 e. The second-order valence-corrected chi connectivity index (χ2v) is 8.71. The lowest BCUT2D eigenvalue weighted by Gasteiger charge is -2.14. The smallest absolute Gasteiger partial charge is 0.326 e. The third-order valence-electron chi connectivity index (χ3n) is 5.32. The second-order valence-electron chi connectivity index (χ2n) is 7.70. The van der Waals surface area contributed by atoms with Gasteiger partial charge in [0.1, 0.15) is 18.4 Å². The number of ether oxygens (including phenoxy) is 1. The van der Waals surface area contributed by atoms with E-state index in [2.05, 4.69) is 4.99 Å². The molecule has 1 unspecified atom stereocenters. The van der Waals surface area contributed by atoms with Crippen LogP contribution < -0.4 is 9.54 Å². The lowest BCUT2D eigenvalue weighted by atomic mass is 10.1. The largest absolute Gasteiger partial charge is 0.489 e. The van der Waals surface area contributed by atoms with Crippen LogP contribution >= 0.6 is 11.3 Å². The van der Waals surface area contributed by atoms with Gasteiger partial charge in [-0.2, -0.15) is 4.99 Å². The van der Waals surface area contributed by atoms with Gasteiger partial charge >= 0.3 is 5.97 Å². The lowest BCUT2D eigenvalue weighted by Crippen LogP contribution is -2.27. The predicted octanol–water partition coefficient (Wildman–Crippen LogP) is 5.37. The number of benzene rings is 3. The SMILES string of the molecule is CCC(C(=O)O)n1c(=NC(=O)c2ccc(C)cc2)sc2ccc(OCc3ccccc3)cc21. The highest BCUT2D eigenvalue weighted by atomic mass is 32.1. The molecule has 0 spiro atoms. The van der Waals surface area contributed by atoms with Crippen molar-refractivity contribution < 1.29 is 19.4 Å². The molecule has 1 N–H and O–H groups in total. The van der Waals surface area contributed by atoms with Gasteiger partial charge in [0.25, 0.3) is 5.91 Å². The molecule has 0 saturated carbocycles. The minimum absolute atomic E-state index is 0.349. The molecule has 4 aromatic rings. The van der Waals surface area contributed by atoms with Crippen LogP contribution in [-0.4, -0.2) is 21.6 Å². The molecule has 0 bridgehead atoms. The number of hydrogen-bond donors (Lipinski definition) is 1. The Labute approximate surface area is 195 Å². The molecule has 1 atom stereocenters. The van der Waals surface area contributed by atoms with Crippen molar-refractivity contribution in [3.63, 3.8) is 0 Å². The molecule has 0 saturated heterocycles. The van der Waals surface area contributed by atoms with Crippen LogP contribution in [0.2, 0.25) is 0 Å². The molecule has 6 nitrogen and oxygen atoms in total. The number of thiazole rings is 1. The number of aromatic nitrogens is 1. The van der Waals surface area contributed by atoms with Crippen molar-refractivity contribution in [3.05, 3.63) is 94.3 Å². The van der Waals surface area contributed by atoms with Crippen LogP contribution in [0.5, 0.6) is 5.75 Å². The van der Waals surface area contributed by atoms with Crippen molar-refractivity contribution in [2.24, 2.45) is 4.99 Å². The maximum absolute atomic E-state index is 12.8. The summed E-state index contributed by atoms with van der Waals surface area (Å²) in [4.78, 5) is 29.5. The molecular weight excluding hydrogens is 436 g/mol. The number of carbonyl (C=O) groups is 2. The topological polar surface area (TPSA) is 80.9 Å². The highest BCUT2D eigenvalue weighted by Gasteiger charge is 2.22. The van der Waals surface area contributed by atoms with E-state index in [1.165, 1.54) is 11.3 Å². The quantitative estimate of drug-likeness (QED) is 0.402. The van der Waals surface area contributed by atoms with E-state index in [0.29, 0.717) is 34.7 Å². The standard InChI is InChI=1S/C26H24N2O4S/c1-3-21(25(30)31)28-22-15-20(32-16-18-7-5-4-6-8-18)13-14-23(22)33-26(28)27-24(29)19-11-9-17(2)10-12-19/h4-15,21H,3,16H2,1-2H3,(H,30,31). The fourth-order valence-corrected chi connectivity index (χ4v) is 4.59. The molecule has 33 heavy (non-hydrogen) atoms. The van der Waals surface area contributed by atoms with Crippen molar-refractivity contribution in [3.8, 4) is 5.75 Å². The van der Waals surface area contributed by atoms with Gasteiger partial charge in [-0.3, -0.25) is 4.79 Å². The van der Waals surface area contributed by atoms with Crippen molar-refractivity contribution in [2.75, 3.05) is 0 Å². The summed E-state index contributed by atoms with van der Waals surface area (Å²) in [5.41, 5.74) is 3.21. The molecule has 0 fully saturated rings. The van der Waals surface area contributed by atoms with Crippen LogP contribution in [0.4, 0.5) is 0 Å². The summed E-state index contributed by atoms with van der Waals surface area (Å²) in [7, 11) is 0. The highest BCUT2D eigenvalue weighted by molar-refractivity contribution is 7.16. The van der Waals surface area contributed by atoms with Crippen LogP contribution in [-0.2, 0) is 11.4 Å². The number of amides is 1. The first-order valence-corrected chi connectivity index (χ1v) is 11.5. The molecule has 1 amide bonds. The zero-order chi connectivity index (χ0) is 23.4. The monoisotopic (exact) mass is 460 g/mol. The molecular formula is C26H24N2O4S. The van der Waals surface area contributed by atoms with E-state index in [-0.39, 0.29) is 0 Å². The van der Waals surface area contributed by atoms with Crippen molar-refractivity contribution >= 4 is 33.4 Å². The summed E-state index contributed by atoms with van der Waals surface area (Å²) < 4.78 is 8.41. The fourth-order valence-electron chi connectivity index (χ4n) is 3.55. The highest BCUT2D eigenvalue weighted by Crippen LogP contribution is 2.27. The molecule has 0 aliphatic rings. The van der Waals surface area contributed by atoms with Crippen LogP contribution in [0.1, 0.15) is 40.9 Å². The molecule has 1 aromatic heterocycles. The number of fused-ring (bicyclic) bond motifs is 1. The Morgan fingerprint density at radius 2 is 1.79 bits per heavy atom. The zero-order valence-corrected chi connectivity index (χ0v) is 19.2. The van der Waals surface area contributed by atoms with Crippen molar-refractivity contribution in [1.82, 2.24) is 4.57 Å². The van der Waals surface area contributed by atoms with E-state index < -0.39 is 17.9 Å². The van der Waals surface area contributed by atoms with Gasteiger partial charge < -0.3 is 14.4 Å². The Morgan fingerprint density at radius 1 is 1.06 bits per heavy atom. The number of aliphatic carboxylic acids is 1. The second kappa shape index (κ2) is 9.83. The van der Waals surface area contributed by atoms with Gasteiger partial charge in [-0.1, -0.05) is 66.3 Å². The summed E-state index contributed by atoms with van der Waals surface area (Å²) in [6.07, 6.45) is 0.349. The van der Waals surface area contributed by atoms with Gasteiger partial charge in [-0.25, -0.2) is 4.79 Å². The Hall–Kier alpha value is -3.71. The maximum atomic E-state index is 12.8. The van der Waals surface area contributed by atoms with E-state index >= 15 is 0 Å². The number of carbonyl (C=O) groups excluding carboxylic acids is 1. The van der Waals surface area contributed by atoms with E-state index in [1.54, 1.807) is 23.6 Å². The number of nitrogens with zero attached hydrogens (tertiary/aromatic N) is 2. The maximum Gasteiger partial charge on any atom is 0.326 e. The number of hydrogen-bond acceptors (Lipinski definition) is 4. The van der Waals surface area contributed by atoms with E-state index in [9.17, 15) is 14.7 Å². The normalized spacial score (nSPS) is 12.6. The molecule has 4 rings (SSSR count). The van der Waals surface area contributed by atoms with Gasteiger partial charge in [0.2, 0.25) is 0 Å². The van der Waals surface area contributed by atoms with Crippen LogP contribution in [0.3, 0.4) is 0 Å². The van der Waals surface area contributed by atoms with Gasteiger partial charge in [0, 0.05) is 11.6 Å². The molecule has 1 heterocycles. The van der Waals surface area contributed by atoms with Crippen LogP contribution in [0, 0.1) is 6.92 Å². The first-order chi connectivity index (χ1) is 16.0. The Bertz CT molecular complexity index is 1350. The fraction of sp³-hybridized carbons (Fsp3) is 0.192. The summed E-state index contributed by atoms with van der Waals surface area (Å²) in [6.45, 7) is 4.15. The number of rotatable bonds is 7. The van der Waals surface area contributed by atoms with Gasteiger partial charge in [-0.15, -0.1) is 0 Å². The number of carboxylic acids is 1. The summed E-state index contributed by atoms with van der Waals surface area (Å²) >= 11 is 1.29. The zero-order valence-electron chi connectivity index (χ0n) is 18.4. The molecule has 7 heteroatoms. The average Bonchev–Trinajstić information content (AvgIpc) is 3.16. The summed E-state index contributed by atoms with van der Waals surface area (Å²) in [6, 6.07) is 21.6. The first kappa shape index (κ1) is 22.5. The third kappa shape index (κ3) is 5.04. The van der Waals surface area contributed by atoms with E-state index in [4.69, 9.17) is 4.74 Å². The van der Waals surface area contributed by atoms with E-state index in [0.717, 1.165) is 15.8 Å². The molecule has 3 aromatic carbocycles. The molecule has 168 valence electrons. The number of aryl methyl sites for hydroxylation is 1. The number of carboxylic acid groups (broad SMARTS) is 1. The Morgan fingerprint density at radius 3 is 2.45 bits per heavy atom. The molecule has 0 radical (unpaired) electrons. The first-order valence-electron chi connectivity index (χ1n) is 10.7. The lowest BCUT2D eigenvalue weighted by molar-refractivity contribution is -0.140. The average molecular weight is 461 g/mol. The minimum atomic E-state index is -0.975. The summed E-state index contributed by atoms with van der Waals surface area (Å²) in [5.74, 6) is -0.761. The Balaban J connectivity index is 1.78. The predicted molar refractivity (Wildman–Crippen MR) is 129 cm³/mol. The summed E-state index contributed by atoms with van der Waals surface area (Å²) in [5, 5.41) is 9.86. The van der Waals surface area contributed by atoms with Crippen LogP contribution in [0.15, 0.2) is 77.8 Å². The van der Waals surface area contributed by atoms with Gasteiger partial charge in [0.05, 0.1) is 10.2 Å².